The number of thiazole rings is 1. The van der Waals surface area contributed by atoms with Crippen LogP contribution in [0.4, 0.5) is 15.2 Å². The molecule has 0 spiro atoms. The summed E-state index contributed by atoms with van der Waals surface area (Å²) in [6.07, 6.45) is 0. The molecule has 0 radical (unpaired) electrons. The van der Waals surface area contributed by atoms with Gasteiger partial charge >= 0.3 is 0 Å². The zero-order valence-electron chi connectivity index (χ0n) is 17.8. The van der Waals surface area contributed by atoms with Crippen LogP contribution < -0.4 is 10.0 Å². The molecule has 0 atom stereocenters. The predicted molar refractivity (Wildman–Crippen MR) is 129 cm³/mol. The summed E-state index contributed by atoms with van der Waals surface area (Å²) < 4.78 is 41.2. The fraction of sp³-hybridized carbons (Fsp3) is 0.0417. The molecule has 0 saturated heterocycles. The van der Waals surface area contributed by atoms with E-state index in [0.29, 0.717) is 22.0 Å². The summed E-state index contributed by atoms with van der Waals surface area (Å²) in [5.74, 6) is -1.03. The van der Waals surface area contributed by atoms with E-state index in [-0.39, 0.29) is 27.7 Å². The molecule has 2 N–H and O–H groups in total. The fourth-order valence-corrected chi connectivity index (χ4v) is 4.85. The van der Waals surface area contributed by atoms with Gasteiger partial charge in [0.1, 0.15) is 5.82 Å². The lowest BCUT2D eigenvalue weighted by Gasteiger charge is -2.09. The quantitative estimate of drug-likeness (QED) is 0.343. The lowest BCUT2D eigenvalue weighted by atomic mass is 10.1. The lowest BCUT2D eigenvalue weighted by Crippen LogP contribution is -2.15. The summed E-state index contributed by atoms with van der Waals surface area (Å²) in [4.78, 5) is 28.3. The average molecular weight is 496 g/mol. The number of hydrogen-bond donors (Lipinski definition) is 2. The second-order valence-electron chi connectivity index (χ2n) is 7.27. The maximum absolute atomic E-state index is 13.4. The van der Waals surface area contributed by atoms with E-state index in [9.17, 15) is 22.4 Å². The molecule has 0 saturated carbocycles. The van der Waals surface area contributed by atoms with Crippen molar-refractivity contribution in [3.05, 3.63) is 95.1 Å². The first-order valence-electron chi connectivity index (χ1n) is 9.98. The third-order valence-electron chi connectivity index (χ3n) is 4.79. The zero-order chi connectivity index (χ0) is 24.3. The van der Waals surface area contributed by atoms with Crippen LogP contribution in [-0.2, 0) is 10.0 Å². The molecule has 4 aromatic rings. The van der Waals surface area contributed by atoms with Gasteiger partial charge in [0.2, 0.25) is 0 Å². The van der Waals surface area contributed by atoms with Crippen LogP contribution in [0.15, 0.2) is 83.1 Å². The summed E-state index contributed by atoms with van der Waals surface area (Å²) in [5.41, 5.74) is 2.00. The molecule has 0 aliphatic rings. The van der Waals surface area contributed by atoms with Crippen molar-refractivity contribution >= 4 is 43.9 Å². The molecule has 10 heteroatoms. The Kier molecular flexibility index (Phi) is 6.53. The Morgan fingerprint density at radius 1 is 0.941 bits per heavy atom. The summed E-state index contributed by atoms with van der Waals surface area (Å²) in [5, 5.41) is 4.68. The van der Waals surface area contributed by atoms with Gasteiger partial charge in [-0.2, -0.15) is 0 Å². The minimum absolute atomic E-state index is 0.0417. The molecule has 172 valence electrons. The summed E-state index contributed by atoms with van der Waals surface area (Å²) in [6.45, 7) is 1.39. The molecule has 7 nitrogen and oxygen atoms in total. The Hall–Kier alpha value is -3.89. The Bertz CT molecular complexity index is 1480. The van der Waals surface area contributed by atoms with E-state index in [1.165, 1.54) is 66.8 Å². The third-order valence-corrected chi connectivity index (χ3v) is 6.95. The summed E-state index contributed by atoms with van der Waals surface area (Å²) >= 11 is 1.19. The minimum atomic E-state index is -3.92. The van der Waals surface area contributed by atoms with E-state index in [0.717, 1.165) is 0 Å². The maximum Gasteiger partial charge on any atom is 0.261 e. The number of rotatable bonds is 7. The minimum Gasteiger partial charge on any atom is -0.298 e. The average Bonchev–Trinajstić information content (AvgIpc) is 3.27. The van der Waals surface area contributed by atoms with Crippen LogP contribution in [0, 0.1) is 5.82 Å². The number of hydrogen-bond acceptors (Lipinski definition) is 6. The standard InChI is InChI=1S/C24H18FN3O4S2/c1-15(29)17-4-3-7-20(13-17)28-34(31,32)21-10-8-16(9-11-21)23(30)27-24-26-22(14-33-24)18-5-2-6-19(25)12-18/h2-14,28H,1H3,(H,26,27,30). The Labute approximate surface area is 199 Å². The molecule has 0 aliphatic carbocycles. The van der Waals surface area contributed by atoms with Gasteiger partial charge in [-0.05, 0) is 55.5 Å². The number of aromatic nitrogens is 1. The second-order valence-corrected chi connectivity index (χ2v) is 9.81. The number of ketones is 1. The molecular weight excluding hydrogens is 477 g/mol. The van der Waals surface area contributed by atoms with Crippen LogP contribution >= 0.6 is 11.3 Å². The van der Waals surface area contributed by atoms with Gasteiger partial charge < -0.3 is 0 Å². The van der Waals surface area contributed by atoms with E-state index in [4.69, 9.17) is 0 Å². The monoisotopic (exact) mass is 495 g/mol. The van der Waals surface area contributed by atoms with Crippen LogP contribution in [0.2, 0.25) is 0 Å². The molecule has 1 heterocycles. The molecular formula is C24H18FN3O4S2. The van der Waals surface area contributed by atoms with E-state index in [2.05, 4.69) is 15.0 Å². The van der Waals surface area contributed by atoms with Gasteiger partial charge in [0.05, 0.1) is 10.6 Å². The number of Topliss-reactive ketones (excluding diaryl/α,β-unsaturated/α-hetero) is 1. The number of carbonyl (C=O) groups excluding carboxylic acids is 2. The highest BCUT2D eigenvalue weighted by Crippen LogP contribution is 2.26. The first-order valence-corrected chi connectivity index (χ1v) is 12.3. The Morgan fingerprint density at radius 2 is 1.68 bits per heavy atom. The first kappa shape index (κ1) is 23.3. The van der Waals surface area contributed by atoms with Crippen LogP contribution in [0.5, 0.6) is 0 Å². The van der Waals surface area contributed by atoms with Crippen molar-refractivity contribution < 1.29 is 22.4 Å². The van der Waals surface area contributed by atoms with Crippen molar-refractivity contribution in [3.8, 4) is 11.3 Å². The number of anilines is 2. The number of nitrogens with zero attached hydrogens (tertiary/aromatic N) is 1. The van der Waals surface area contributed by atoms with Crippen LogP contribution in [0.1, 0.15) is 27.6 Å². The van der Waals surface area contributed by atoms with Crippen molar-refractivity contribution in [2.24, 2.45) is 0 Å². The highest BCUT2D eigenvalue weighted by atomic mass is 32.2. The van der Waals surface area contributed by atoms with Gasteiger partial charge in [0.25, 0.3) is 15.9 Å². The number of carbonyl (C=O) groups is 2. The molecule has 4 rings (SSSR count). The molecule has 1 aromatic heterocycles. The van der Waals surface area contributed by atoms with E-state index < -0.39 is 15.9 Å². The van der Waals surface area contributed by atoms with Crippen molar-refractivity contribution in [2.75, 3.05) is 10.0 Å². The molecule has 0 bridgehead atoms. The Morgan fingerprint density at radius 3 is 2.38 bits per heavy atom. The van der Waals surface area contributed by atoms with E-state index >= 15 is 0 Å². The van der Waals surface area contributed by atoms with E-state index in [1.54, 1.807) is 29.6 Å². The highest BCUT2D eigenvalue weighted by Gasteiger charge is 2.17. The molecule has 0 unspecified atom stereocenters. The zero-order valence-corrected chi connectivity index (χ0v) is 19.4. The van der Waals surface area contributed by atoms with Gasteiger partial charge in [0.15, 0.2) is 10.9 Å². The number of amides is 1. The van der Waals surface area contributed by atoms with Crippen LogP contribution in [0.25, 0.3) is 11.3 Å². The molecule has 0 fully saturated rings. The van der Waals surface area contributed by atoms with Gasteiger partial charge in [0, 0.05) is 27.8 Å². The SMILES string of the molecule is CC(=O)c1cccc(NS(=O)(=O)c2ccc(C(=O)Nc3nc(-c4cccc(F)c4)cs3)cc2)c1. The molecule has 3 aromatic carbocycles. The summed E-state index contributed by atoms with van der Waals surface area (Å²) in [7, 11) is -3.92. The number of nitrogens with one attached hydrogen (secondary N) is 2. The van der Waals surface area contributed by atoms with Gasteiger partial charge in [-0.15, -0.1) is 11.3 Å². The molecule has 0 aliphatic heterocycles. The Balaban J connectivity index is 1.45. The summed E-state index contributed by atoms with van der Waals surface area (Å²) in [6, 6.07) is 17.5. The van der Waals surface area contributed by atoms with Crippen molar-refractivity contribution in [3.63, 3.8) is 0 Å². The fourth-order valence-electron chi connectivity index (χ4n) is 3.08. The lowest BCUT2D eigenvalue weighted by molar-refractivity contribution is 0.101. The second kappa shape index (κ2) is 9.54. The maximum atomic E-state index is 13.4. The number of benzene rings is 3. The van der Waals surface area contributed by atoms with Crippen LogP contribution in [0.3, 0.4) is 0 Å². The molecule has 1 amide bonds. The van der Waals surface area contributed by atoms with Crippen molar-refractivity contribution in [1.82, 2.24) is 4.98 Å². The third kappa shape index (κ3) is 5.36. The number of sulfonamides is 1. The first-order chi connectivity index (χ1) is 16.2. The van der Waals surface area contributed by atoms with Gasteiger partial charge in [-0.25, -0.2) is 17.8 Å². The molecule has 34 heavy (non-hydrogen) atoms. The predicted octanol–water partition coefficient (Wildman–Crippen LogP) is 5.20. The number of halogens is 1. The van der Waals surface area contributed by atoms with Crippen molar-refractivity contribution in [1.29, 1.82) is 0 Å². The topological polar surface area (TPSA) is 105 Å². The van der Waals surface area contributed by atoms with E-state index in [1.807, 2.05) is 0 Å². The van der Waals surface area contributed by atoms with Gasteiger partial charge in [-0.3, -0.25) is 19.6 Å². The largest absolute Gasteiger partial charge is 0.298 e. The van der Waals surface area contributed by atoms with Gasteiger partial charge in [-0.1, -0.05) is 24.3 Å². The smallest absolute Gasteiger partial charge is 0.261 e. The van der Waals surface area contributed by atoms with Crippen molar-refractivity contribution in [2.45, 2.75) is 11.8 Å². The normalized spacial score (nSPS) is 11.1. The van der Waals surface area contributed by atoms with Crippen LogP contribution in [-0.4, -0.2) is 25.1 Å². The highest BCUT2D eigenvalue weighted by molar-refractivity contribution is 7.92.